The summed E-state index contributed by atoms with van der Waals surface area (Å²) < 4.78 is 5.57. The largest absolute Gasteiger partial charge is 0.484 e. The number of hydrogen-bond acceptors (Lipinski definition) is 3. The van der Waals surface area contributed by atoms with Crippen LogP contribution in [0.15, 0.2) is 71.8 Å². The molecule has 0 saturated heterocycles. The lowest BCUT2D eigenvalue weighted by atomic mass is 10.0. The molecule has 0 saturated carbocycles. The van der Waals surface area contributed by atoms with Crippen molar-refractivity contribution in [1.29, 1.82) is 0 Å². The van der Waals surface area contributed by atoms with Crippen molar-refractivity contribution < 1.29 is 9.53 Å². The molecule has 0 aliphatic carbocycles. The molecule has 0 aromatic heterocycles. The second-order valence-electron chi connectivity index (χ2n) is 6.81. The van der Waals surface area contributed by atoms with E-state index < -0.39 is 0 Å². The topological polar surface area (TPSA) is 50.7 Å². The Labute approximate surface area is 159 Å². The number of amides is 1. The molecule has 138 valence electrons. The predicted molar refractivity (Wildman–Crippen MR) is 110 cm³/mol. The molecule has 0 fully saturated rings. The van der Waals surface area contributed by atoms with Gasteiger partial charge in [0.25, 0.3) is 5.91 Å². The molecule has 0 aliphatic rings. The summed E-state index contributed by atoms with van der Waals surface area (Å²) in [5.41, 5.74) is 5.56. The smallest absolute Gasteiger partial charge is 0.277 e. The Bertz CT molecular complexity index is 960. The van der Waals surface area contributed by atoms with E-state index in [1.165, 1.54) is 5.56 Å². The molecule has 0 atom stereocenters. The van der Waals surface area contributed by atoms with E-state index in [0.29, 0.717) is 11.7 Å². The van der Waals surface area contributed by atoms with Crippen LogP contribution >= 0.6 is 0 Å². The first-order valence-corrected chi connectivity index (χ1v) is 9.08. The molecule has 0 aliphatic heterocycles. The molecule has 0 bridgehead atoms. The Kier molecular flexibility index (Phi) is 5.87. The van der Waals surface area contributed by atoms with Crippen LogP contribution in [0.4, 0.5) is 0 Å². The third-order valence-electron chi connectivity index (χ3n) is 4.43. The quantitative estimate of drug-likeness (QED) is 0.503. The van der Waals surface area contributed by atoms with E-state index >= 15 is 0 Å². The van der Waals surface area contributed by atoms with E-state index in [-0.39, 0.29) is 12.5 Å². The lowest BCUT2D eigenvalue weighted by molar-refractivity contribution is -0.123. The van der Waals surface area contributed by atoms with Gasteiger partial charge in [-0.05, 0) is 46.9 Å². The summed E-state index contributed by atoms with van der Waals surface area (Å²) in [5.74, 6) is 0.860. The summed E-state index contributed by atoms with van der Waals surface area (Å²) in [4.78, 5) is 12.0. The highest BCUT2D eigenvalue weighted by Gasteiger charge is 2.05. The van der Waals surface area contributed by atoms with Gasteiger partial charge in [-0.1, -0.05) is 68.4 Å². The highest BCUT2D eigenvalue weighted by Crippen LogP contribution is 2.20. The molecule has 0 unspecified atom stereocenters. The molecule has 3 aromatic rings. The van der Waals surface area contributed by atoms with Gasteiger partial charge in [0.15, 0.2) is 6.61 Å². The molecule has 1 amide bonds. The Hall–Kier alpha value is -3.14. The second-order valence-corrected chi connectivity index (χ2v) is 6.81. The average molecular weight is 360 g/mol. The molecule has 3 rings (SSSR count). The lowest BCUT2D eigenvalue weighted by Crippen LogP contribution is -2.25. The maximum absolute atomic E-state index is 12.0. The standard InChI is InChI=1S/C23H24N2O2/c1-16(2)18-8-10-19(11-9-18)17(3)24-25-23(26)15-27-22-13-12-20-6-4-5-7-21(20)14-22/h4-14,16H,15H2,1-3H3,(H,25,26). The van der Waals surface area contributed by atoms with Gasteiger partial charge in [0.2, 0.25) is 0 Å². The van der Waals surface area contributed by atoms with Crippen molar-refractivity contribution in [3.05, 3.63) is 77.9 Å². The molecule has 0 heterocycles. The van der Waals surface area contributed by atoms with Gasteiger partial charge < -0.3 is 4.74 Å². The summed E-state index contributed by atoms with van der Waals surface area (Å²) in [6.45, 7) is 6.10. The van der Waals surface area contributed by atoms with Crippen LogP contribution in [0.3, 0.4) is 0 Å². The zero-order valence-corrected chi connectivity index (χ0v) is 15.9. The summed E-state index contributed by atoms with van der Waals surface area (Å²) in [6, 6.07) is 22.0. The molecule has 0 radical (unpaired) electrons. The van der Waals surface area contributed by atoms with E-state index in [2.05, 4.69) is 36.5 Å². The number of carbonyl (C=O) groups is 1. The van der Waals surface area contributed by atoms with Crippen LogP contribution in [-0.2, 0) is 4.79 Å². The monoisotopic (exact) mass is 360 g/mol. The van der Waals surface area contributed by atoms with Gasteiger partial charge in [-0.2, -0.15) is 5.10 Å². The van der Waals surface area contributed by atoms with Gasteiger partial charge in [-0.3, -0.25) is 4.79 Å². The zero-order chi connectivity index (χ0) is 19.2. The molecule has 3 aromatic carbocycles. The van der Waals surface area contributed by atoms with Gasteiger partial charge in [-0.25, -0.2) is 5.43 Å². The summed E-state index contributed by atoms with van der Waals surface area (Å²) in [7, 11) is 0. The van der Waals surface area contributed by atoms with Gasteiger partial charge in [-0.15, -0.1) is 0 Å². The van der Waals surface area contributed by atoms with E-state index in [1.807, 2.05) is 61.5 Å². The predicted octanol–water partition coefficient (Wildman–Crippen LogP) is 4.88. The number of nitrogens with one attached hydrogen (secondary N) is 1. The number of hydrazone groups is 1. The minimum absolute atomic E-state index is 0.0819. The van der Waals surface area contributed by atoms with E-state index in [0.717, 1.165) is 22.0 Å². The van der Waals surface area contributed by atoms with Crippen molar-refractivity contribution in [3.8, 4) is 5.75 Å². The average Bonchev–Trinajstić information content (AvgIpc) is 2.70. The van der Waals surface area contributed by atoms with Crippen molar-refractivity contribution in [2.24, 2.45) is 5.10 Å². The highest BCUT2D eigenvalue weighted by molar-refractivity contribution is 5.99. The molecule has 4 nitrogen and oxygen atoms in total. The fourth-order valence-electron chi connectivity index (χ4n) is 2.76. The Morgan fingerprint density at radius 1 is 1.00 bits per heavy atom. The van der Waals surface area contributed by atoms with Gasteiger partial charge in [0, 0.05) is 0 Å². The minimum Gasteiger partial charge on any atom is -0.484 e. The number of hydrogen-bond donors (Lipinski definition) is 1. The third kappa shape index (κ3) is 4.94. The fourth-order valence-corrected chi connectivity index (χ4v) is 2.76. The van der Waals surface area contributed by atoms with Crippen molar-refractivity contribution in [3.63, 3.8) is 0 Å². The number of benzene rings is 3. The summed E-state index contributed by atoms with van der Waals surface area (Å²) in [6.07, 6.45) is 0. The van der Waals surface area contributed by atoms with Crippen LogP contribution in [0, 0.1) is 0 Å². The zero-order valence-electron chi connectivity index (χ0n) is 15.9. The van der Waals surface area contributed by atoms with E-state index in [4.69, 9.17) is 4.74 Å². The number of ether oxygens (including phenoxy) is 1. The molecule has 0 spiro atoms. The summed E-state index contributed by atoms with van der Waals surface area (Å²) in [5, 5.41) is 6.38. The molecule has 4 heteroatoms. The Morgan fingerprint density at radius 3 is 2.41 bits per heavy atom. The van der Waals surface area contributed by atoms with Crippen molar-refractivity contribution in [2.45, 2.75) is 26.7 Å². The van der Waals surface area contributed by atoms with Crippen molar-refractivity contribution >= 4 is 22.4 Å². The van der Waals surface area contributed by atoms with Crippen LogP contribution in [0.1, 0.15) is 37.8 Å². The van der Waals surface area contributed by atoms with Gasteiger partial charge in [0.05, 0.1) is 5.71 Å². The first-order valence-electron chi connectivity index (χ1n) is 9.08. The SMILES string of the molecule is CC(=NNC(=O)COc1ccc2ccccc2c1)c1ccc(C(C)C)cc1. The maximum atomic E-state index is 12.0. The lowest BCUT2D eigenvalue weighted by Gasteiger charge is -2.08. The van der Waals surface area contributed by atoms with Crippen LogP contribution in [0.2, 0.25) is 0 Å². The van der Waals surface area contributed by atoms with Crippen LogP contribution in [0.5, 0.6) is 5.75 Å². The normalized spacial score (nSPS) is 11.6. The molecular formula is C23H24N2O2. The molecule has 1 N–H and O–H groups in total. The van der Waals surface area contributed by atoms with Crippen LogP contribution in [0.25, 0.3) is 10.8 Å². The highest BCUT2D eigenvalue weighted by atomic mass is 16.5. The number of fused-ring (bicyclic) bond motifs is 1. The number of carbonyl (C=O) groups excluding carboxylic acids is 1. The van der Waals surface area contributed by atoms with Crippen LogP contribution < -0.4 is 10.2 Å². The molecule has 27 heavy (non-hydrogen) atoms. The number of nitrogens with zero attached hydrogens (tertiary/aromatic N) is 1. The van der Waals surface area contributed by atoms with E-state index in [1.54, 1.807) is 0 Å². The second kappa shape index (κ2) is 8.49. The minimum atomic E-state index is -0.290. The fraction of sp³-hybridized carbons (Fsp3) is 0.217. The summed E-state index contributed by atoms with van der Waals surface area (Å²) >= 11 is 0. The maximum Gasteiger partial charge on any atom is 0.277 e. The van der Waals surface area contributed by atoms with Gasteiger partial charge >= 0.3 is 0 Å². The Morgan fingerprint density at radius 2 is 1.70 bits per heavy atom. The van der Waals surface area contributed by atoms with E-state index in [9.17, 15) is 4.79 Å². The van der Waals surface area contributed by atoms with Crippen LogP contribution in [-0.4, -0.2) is 18.2 Å². The first kappa shape index (κ1) is 18.6. The molecular weight excluding hydrogens is 336 g/mol. The number of rotatable bonds is 6. The third-order valence-corrected chi connectivity index (χ3v) is 4.43. The van der Waals surface area contributed by atoms with Crippen molar-refractivity contribution in [2.75, 3.05) is 6.61 Å². The first-order chi connectivity index (χ1) is 13.0. The van der Waals surface area contributed by atoms with Gasteiger partial charge in [0.1, 0.15) is 5.75 Å². The Balaban J connectivity index is 1.55. The van der Waals surface area contributed by atoms with Crippen molar-refractivity contribution in [1.82, 2.24) is 5.43 Å².